The van der Waals surface area contributed by atoms with E-state index in [9.17, 15) is 4.39 Å². The SMILES string of the molecule is COCCc1noc(-c2cnc3nc(C)ccc3c2Nc2ccc(F)cc2)n1. The first-order valence-corrected chi connectivity index (χ1v) is 8.75. The summed E-state index contributed by atoms with van der Waals surface area (Å²) in [5.74, 6) is 0.583. The second-order valence-electron chi connectivity index (χ2n) is 6.26. The zero-order chi connectivity index (χ0) is 19.5. The lowest BCUT2D eigenvalue weighted by atomic mass is 10.1. The summed E-state index contributed by atoms with van der Waals surface area (Å²) in [5, 5.41) is 8.11. The molecule has 0 amide bonds. The van der Waals surface area contributed by atoms with E-state index < -0.39 is 0 Å². The largest absolute Gasteiger partial charge is 0.384 e. The molecular weight excluding hydrogens is 361 g/mol. The molecule has 0 aliphatic heterocycles. The second kappa shape index (κ2) is 7.69. The molecule has 4 rings (SSSR count). The molecular formula is C20H18FN5O2. The molecule has 4 aromatic rings. The summed E-state index contributed by atoms with van der Waals surface area (Å²) in [5.41, 5.74) is 3.52. The number of aromatic nitrogens is 4. The van der Waals surface area contributed by atoms with E-state index >= 15 is 0 Å². The molecule has 7 nitrogen and oxygen atoms in total. The number of hydrogen-bond donors (Lipinski definition) is 1. The smallest absolute Gasteiger partial charge is 0.261 e. The van der Waals surface area contributed by atoms with Crippen LogP contribution in [0.5, 0.6) is 0 Å². The van der Waals surface area contributed by atoms with Gasteiger partial charge in [-0.1, -0.05) is 5.16 Å². The zero-order valence-corrected chi connectivity index (χ0v) is 15.4. The Morgan fingerprint density at radius 2 is 1.93 bits per heavy atom. The Balaban J connectivity index is 1.81. The van der Waals surface area contributed by atoms with Gasteiger partial charge in [0.15, 0.2) is 11.5 Å². The molecule has 142 valence electrons. The predicted molar refractivity (Wildman–Crippen MR) is 103 cm³/mol. The second-order valence-corrected chi connectivity index (χ2v) is 6.26. The number of methoxy groups -OCH3 is 1. The van der Waals surface area contributed by atoms with Crippen molar-refractivity contribution in [2.75, 3.05) is 19.0 Å². The van der Waals surface area contributed by atoms with Crippen LogP contribution in [0, 0.1) is 12.7 Å². The third-order valence-corrected chi connectivity index (χ3v) is 4.21. The van der Waals surface area contributed by atoms with Gasteiger partial charge in [0.2, 0.25) is 0 Å². The van der Waals surface area contributed by atoms with Crippen molar-refractivity contribution in [2.45, 2.75) is 13.3 Å². The quantitative estimate of drug-likeness (QED) is 0.541. The lowest BCUT2D eigenvalue weighted by molar-refractivity contribution is 0.199. The number of halogens is 1. The predicted octanol–water partition coefficient (Wildman–Crippen LogP) is 4.06. The van der Waals surface area contributed by atoms with Gasteiger partial charge in [-0.25, -0.2) is 14.4 Å². The van der Waals surface area contributed by atoms with Crippen molar-refractivity contribution >= 4 is 22.4 Å². The van der Waals surface area contributed by atoms with Gasteiger partial charge in [-0.2, -0.15) is 4.98 Å². The third kappa shape index (κ3) is 3.67. The van der Waals surface area contributed by atoms with Crippen LogP contribution in [-0.4, -0.2) is 33.8 Å². The molecule has 0 spiro atoms. The average Bonchev–Trinajstić information content (AvgIpc) is 3.16. The summed E-state index contributed by atoms with van der Waals surface area (Å²) in [4.78, 5) is 13.4. The number of pyridine rings is 2. The van der Waals surface area contributed by atoms with Crippen LogP contribution < -0.4 is 5.32 Å². The number of nitrogens with zero attached hydrogens (tertiary/aromatic N) is 4. The monoisotopic (exact) mass is 379 g/mol. The molecule has 0 bridgehead atoms. The van der Waals surface area contributed by atoms with Crippen molar-refractivity contribution in [1.82, 2.24) is 20.1 Å². The van der Waals surface area contributed by atoms with Crippen LogP contribution in [0.1, 0.15) is 11.5 Å². The van der Waals surface area contributed by atoms with Crippen molar-refractivity contribution in [2.24, 2.45) is 0 Å². The van der Waals surface area contributed by atoms with Crippen LogP contribution in [0.15, 0.2) is 47.1 Å². The number of ether oxygens (including phenoxy) is 1. The molecule has 28 heavy (non-hydrogen) atoms. The number of aryl methyl sites for hydroxylation is 1. The molecule has 3 heterocycles. The van der Waals surface area contributed by atoms with E-state index in [0.29, 0.717) is 41.6 Å². The van der Waals surface area contributed by atoms with Gasteiger partial charge in [-0.3, -0.25) is 0 Å². The molecule has 0 fully saturated rings. The maximum Gasteiger partial charge on any atom is 0.261 e. The van der Waals surface area contributed by atoms with Crippen LogP contribution in [0.3, 0.4) is 0 Å². The van der Waals surface area contributed by atoms with E-state index in [-0.39, 0.29) is 5.82 Å². The third-order valence-electron chi connectivity index (χ3n) is 4.21. The highest BCUT2D eigenvalue weighted by molar-refractivity contribution is 5.98. The Labute approximate surface area is 160 Å². The number of benzene rings is 1. The molecule has 0 aliphatic rings. The number of hydrogen-bond acceptors (Lipinski definition) is 7. The standard InChI is InChI=1S/C20H18FN5O2/c1-12-3-8-15-18(24-14-6-4-13(21)5-7-14)16(11-22-19(15)23-12)20-25-17(26-28-20)9-10-27-2/h3-8,11H,9-10H2,1-2H3,(H,22,23,24). The minimum atomic E-state index is -0.303. The van der Waals surface area contributed by atoms with E-state index in [0.717, 1.165) is 16.8 Å². The minimum Gasteiger partial charge on any atom is -0.384 e. The summed E-state index contributed by atoms with van der Waals surface area (Å²) < 4.78 is 23.8. The highest BCUT2D eigenvalue weighted by Gasteiger charge is 2.17. The lowest BCUT2D eigenvalue weighted by Gasteiger charge is -2.13. The molecule has 0 saturated carbocycles. The number of nitrogens with one attached hydrogen (secondary N) is 1. The van der Waals surface area contributed by atoms with Gasteiger partial charge < -0.3 is 14.6 Å². The molecule has 1 aromatic carbocycles. The van der Waals surface area contributed by atoms with Gasteiger partial charge in [0.05, 0.1) is 17.9 Å². The summed E-state index contributed by atoms with van der Waals surface area (Å²) in [6, 6.07) is 9.94. The molecule has 0 unspecified atom stereocenters. The van der Waals surface area contributed by atoms with Crippen molar-refractivity contribution in [3.63, 3.8) is 0 Å². The van der Waals surface area contributed by atoms with Crippen LogP contribution in [0.4, 0.5) is 15.8 Å². The highest BCUT2D eigenvalue weighted by Crippen LogP contribution is 2.34. The Bertz CT molecular complexity index is 1110. The molecule has 8 heteroatoms. The van der Waals surface area contributed by atoms with Crippen molar-refractivity contribution in [3.8, 4) is 11.5 Å². The van der Waals surface area contributed by atoms with Crippen LogP contribution >= 0.6 is 0 Å². The fraction of sp³-hybridized carbons (Fsp3) is 0.200. The van der Waals surface area contributed by atoms with E-state index in [1.807, 2.05) is 19.1 Å². The highest BCUT2D eigenvalue weighted by atomic mass is 19.1. The van der Waals surface area contributed by atoms with Gasteiger partial charge in [0.1, 0.15) is 5.82 Å². The van der Waals surface area contributed by atoms with E-state index in [1.165, 1.54) is 12.1 Å². The van der Waals surface area contributed by atoms with E-state index in [1.54, 1.807) is 25.4 Å². The van der Waals surface area contributed by atoms with Gasteiger partial charge in [0, 0.05) is 36.5 Å². The van der Waals surface area contributed by atoms with Gasteiger partial charge in [-0.15, -0.1) is 0 Å². The first-order valence-electron chi connectivity index (χ1n) is 8.75. The molecule has 0 aliphatic carbocycles. The molecule has 1 N–H and O–H groups in total. The molecule has 0 radical (unpaired) electrons. The number of rotatable bonds is 6. The van der Waals surface area contributed by atoms with E-state index in [2.05, 4.69) is 25.4 Å². The molecule has 0 atom stereocenters. The zero-order valence-electron chi connectivity index (χ0n) is 15.4. The van der Waals surface area contributed by atoms with Crippen LogP contribution in [-0.2, 0) is 11.2 Å². The maximum absolute atomic E-state index is 13.3. The van der Waals surface area contributed by atoms with Crippen LogP contribution in [0.25, 0.3) is 22.5 Å². The van der Waals surface area contributed by atoms with Crippen molar-refractivity contribution in [1.29, 1.82) is 0 Å². The van der Waals surface area contributed by atoms with Gasteiger partial charge in [0.25, 0.3) is 5.89 Å². The summed E-state index contributed by atoms with van der Waals surface area (Å²) in [7, 11) is 1.62. The molecule has 3 aromatic heterocycles. The summed E-state index contributed by atoms with van der Waals surface area (Å²) in [6.07, 6.45) is 2.19. The Morgan fingerprint density at radius 3 is 2.71 bits per heavy atom. The Kier molecular flexibility index (Phi) is 4.94. The van der Waals surface area contributed by atoms with Crippen molar-refractivity contribution < 1.29 is 13.7 Å². The summed E-state index contributed by atoms with van der Waals surface area (Å²) in [6.45, 7) is 2.40. The first-order chi connectivity index (χ1) is 13.6. The topological polar surface area (TPSA) is 86.0 Å². The maximum atomic E-state index is 13.3. The van der Waals surface area contributed by atoms with Crippen molar-refractivity contribution in [3.05, 3.63) is 59.9 Å². The van der Waals surface area contributed by atoms with Crippen LogP contribution in [0.2, 0.25) is 0 Å². The Morgan fingerprint density at radius 1 is 1.11 bits per heavy atom. The normalized spacial score (nSPS) is 11.1. The fourth-order valence-electron chi connectivity index (χ4n) is 2.80. The first kappa shape index (κ1) is 18.0. The Hall–Kier alpha value is -3.39. The fourth-order valence-corrected chi connectivity index (χ4v) is 2.80. The van der Waals surface area contributed by atoms with Gasteiger partial charge >= 0.3 is 0 Å². The van der Waals surface area contributed by atoms with Gasteiger partial charge in [-0.05, 0) is 43.3 Å². The number of anilines is 2. The minimum absolute atomic E-state index is 0.303. The molecule has 0 saturated heterocycles. The summed E-state index contributed by atoms with van der Waals surface area (Å²) >= 11 is 0. The number of fused-ring (bicyclic) bond motifs is 1. The average molecular weight is 379 g/mol. The van der Waals surface area contributed by atoms with E-state index in [4.69, 9.17) is 9.26 Å². The lowest BCUT2D eigenvalue weighted by Crippen LogP contribution is -1.99.